The largest absolute Gasteiger partial charge is 0.493 e. The van der Waals surface area contributed by atoms with Gasteiger partial charge < -0.3 is 15.2 Å². The van der Waals surface area contributed by atoms with Crippen molar-refractivity contribution in [1.29, 1.82) is 5.26 Å². The Balaban J connectivity index is 2.88. The average molecular weight is 248 g/mol. The molecule has 1 aromatic carbocycles. The van der Waals surface area contributed by atoms with Crippen LogP contribution in [0.15, 0.2) is 18.2 Å². The summed E-state index contributed by atoms with van der Waals surface area (Å²) in [6.45, 7) is 5.00. The van der Waals surface area contributed by atoms with Gasteiger partial charge in [-0.15, -0.1) is 0 Å². The molecule has 1 aromatic rings. The van der Waals surface area contributed by atoms with E-state index < -0.39 is 6.10 Å². The predicted octanol–water partition coefficient (Wildman–Crippen LogP) is 2.62. The highest BCUT2D eigenvalue weighted by Crippen LogP contribution is 2.26. The number of hydrogen-bond donors (Lipinski definition) is 1. The van der Waals surface area contributed by atoms with Crippen molar-refractivity contribution in [3.05, 3.63) is 23.8 Å². The molecule has 98 valence electrons. The molecule has 0 heterocycles. The molecule has 1 unspecified atom stereocenters. The van der Waals surface area contributed by atoms with Gasteiger partial charge in [0.25, 0.3) is 0 Å². The van der Waals surface area contributed by atoms with Gasteiger partial charge in [-0.2, -0.15) is 5.26 Å². The highest BCUT2D eigenvalue weighted by molar-refractivity contribution is 5.41. The van der Waals surface area contributed by atoms with Crippen molar-refractivity contribution in [2.75, 3.05) is 6.61 Å². The maximum Gasteiger partial charge on any atom is 0.184 e. The molecule has 0 aliphatic rings. The Hall–Kier alpha value is -1.73. The number of hydrogen-bond acceptors (Lipinski definition) is 4. The van der Waals surface area contributed by atoms with E-state index in [4.69, 9.17) is 20.5 Å². The van der Waals surface area contributed by atoms with Gasteiger partial charge in [0, 0.05) is 18.2 Å². The summed E-state index contributed by atoms with van der Waals surface area (Å²) in [6, 6.07) is 7.67. The lowest BCUT2D eigenvalue weighted by atomic mass is 10.2. The summed E-state index contributed by atoms with van der Waals surface area (Å²) < 4.78 is 11.2. The third-order valence-electron chi connectivity index (χ3n) is 2.52. The average Bonchev–Trinajstić information content (AvgIpc) is 2.42. The Morgan fingerprint density at radius 1 is 1.39 bits per heavy atom. The molecule has 0 saturated heterocycles. The van der Waals surface area contributed by atoms with E-state index in [2.05, 4.69) is 13.0 Å². The van der Waals surface area contributed by atoms with Crippen LogP contribution in [0, 0.1) is 11.3 Å². The third-order valence-corrected chi connectivity index (χ3v) is 2.52. The molecule has 4 nitrogen and oxygen atoms in total. The zero-order valence-electron chi connectivity index (χ0n) is 11.0. The Bertz CT molecular complexity index is 413. The topological polar surface area (TPSA) is 68.3 Å². The Morgan fingerprint density at radius 3 is 2.72 bits per heavy atom. The minimum absolute atomic E-state index is 0.380. The van der Waals surface area contributed by atoms with E-state index >= 15 is 0 Å². The minimum Gasteiger partial charge on any atom is -0.493 e. The van der Waals surface area contributed by atoms with Gasteiger partial charge in [-0.3, -0.25) is 0 Å². The van der Waals surface area contributed by atoms with Gasteiger partial charge >= 0.3 is 0 Å². The van der Waals surface area contributed by atoms with E-state index in [-0.39, 0.29) is 0 Å². The molecule has 0 radical (unpaired) electrons. The summed E-state index contributed by atoms with van der Waals surface area (Å²) in [5.74, 6) is 1.39. The molecule has 0 fully saturated rings. The SMILES string of the molecule is CCCOc1ccc(CN)c(OC(C#N)CC)c1. The van der Waals surface area contributed by atoms with Gasteiger partial charge in [0.05, 0.1) is 6.61 Å². The molecule has 4 heteroatoms. The van der Waals surface area contributed by atoms with Gasteiger partial charge in [0.15, 0.2) is 6.10 Å². The van der Waals surface area contributed by atoms with E-state index in [0.717, 1.165) is 17.7 Å². The fourth-order valence-corrected chi connectivity index (χ4v) is 1.48. The van der Waals surface area contributed by atoms with Gasteiger partial charge in [-0.1, -0.05) is 19.9 Å². The number of rotatable bonds is 7. The first-order valence-corrected chi connectivity index (χ1v) is 6.27. The molecule has 0 amide bonds. The van der Waals surface area contributed by atoms with Crippen LogP contribution < -0.4 is 15.2 Å². The van der Waals surface area contributed by atoms with Gasteiger partial charge in [-0.25, -0.2) is 0 Å². The Labute approximate surface area is 108 Å². The second-order valence-corrected chi connectivity index (χ2v) is 3.97. The lowest BCUT2D eigenvalue weighted by Crippen LogP contribution is -2.14. The molecular weight excluding hydrogens is 228 g/mol. The predicted molar refractivity (Wildman–Crippen MR) is 70.4 cm³/mol. The zero-order valence-corrected chi connectivity index (χ0v) is 11.0. The summed E-state index contributed by atoms with van der Waals surface area (Å²) >= 11 is 0. The summed E-state index contributed by atoms with van der Waals surface area (Å²) in [5, 5.41) is 8.92. The maximum atomic E-state index is 8.92. The zero-order chi connectivity index (χ0) is 13.4. The summed E-state index contributed by atoms with van der Waals surface area (Å²) in [5.41, 5.74) is 6.54. The van der Waals surface area contributed by atoms with Gasteiger partial charge in [0.2, 0.25) is 0 Å². The molecule has 0 aliphatic carbocycles. The monoisotopic (exact) mass is 248 g/mol. The molecule has 1 rings (SSSR count). The van der Waals surface area contributed by atoms with Crippen molar-refractivity contribution >= 4 is 0 Å². The number of ether oxygens (including phenoxy) is 2. The molecule has 2 N–H and O–H groups in total. The highest BCUT2D eigenvalue weighted by Gasteiger charge is 2.10. The number of benzene rings is 1. The maximum absolute atomic E-state index is 8.92. The summed E-state index contributed by atoms with van der Waals surface area (Å²) in [4.78, 5) is 0. The van der Waals surface area contributed by atoms with Crippen molar-refractivity contribution in [2.24, 2.45) is 5.73 Å². The van der Waals surface area contributed by atoms with Gasteiger partial charge in [-0.05, 0) is 18.9 Å². The van der Waals surface area contributed by atoms with Crippen molar-refractivity contribution in [2.45, 2.75) is 39.3 Å². The fourth-order valence-electron chi connectivity index (χ4n) is 1.48. The van der Waals surface area contributed by atoms with Crippen LogP contribution in [0.25, 0.3) is 0 Å². The van der Waals surface area contributed by atoms with E-state index in [1.165, 1.54) is 0 Å². The molecule has 0 saturated carbocycles. The normalized spacial score (nSPS) is 11.7. The van der Waals surface area contributed by atoms with Crippen molar-refractivity contribution in [3.8, 4) is 17.6 Å². The molecule has 0 spiro atoms. The third kappa shape index (κ3) is 3.94. The first-order valence-electron chi connectivity index (χ1n) is 6.27. The molecule has 0 bridgehead atoms. The van der Waals surface area contributed by atoms with Gasteiger partial charge in [0.1, 0.15) is 17.6 Å². The number of nitrogens with two attached hydrogens (primary N) is 1. The first kappa shape index (κ1) is 14.3. The molecule has 1 atom stereocenters. The van der Waals surface area contributed by atoms with Crippen molar-refractivity contribution in [3.63, 3.8) is 0 Å². The number of nitrogens with zero attached hydrogens (tertiary/aromatic N) is 1. The lowest BCUT2D eigenvalue weighted by Gasteiger charge is -2.15. The second-order valence-electron chi connectivity index (χ2n) is 3.97. The smallest absolute Gasteiger partial charge is 0.184 e. The van der Waals surface area contributed by atoms with Crippen LogP contribution in [-0.4, -0.2) is 12.7 Å². The number of nitriles is 1. The van der Waals surface area contributed by atoms with E-state index in [1.54, 1.807) is 6.07 Å². The van der Waals surface area contributed by atoms with Crippen LogP contribution in [0.1, 0.15) is 32.3 Å². The first-order chi connectivity index (χ1) is 8.74. The molecule has 0 aromatic heterocycles. The van der Waals surface area contributed by atoms with Crippen LogP contribution in [0.5, 0.6) is 11.5 Å². The minimum atomic E-state index is -0.447. The Morgan fingerprint density at radius 2 is 2.17 bits per heavy atom. The standard InChI is InChI=1S/C14H20N2O2/c1-3-7-17-13-6-5-11(9-15)14(8-13)18-12(4-2)10-16/h5-6,8,12H,3-4,7,9,15H2,1-2H3. The van der Waals surface area contributed by atoms with Crippen LogP contribution >= 0.6 is 0 Å². The summed E-state index contributed by atoms with van der Waals surface area (Å²) in [6.07, 6.45) is 1.14. The molecular formula is C14H20N2O2. The highest BCUT2D eigenvalue weighted by atomic mass is 16.5. The van der Waals surface area contributed by atoms with E-state index in [9.17, 15) is 0 Å². The lowest BCUT2D eigenvalue weighted by molar-refractivity contribution is 0.246. The van der Waals surface area contributed by atoms with E-state index in [1.807, 2.05) is 19.1 Å². The molecule has 0 aliphatic heterocycles. The van der Waals surface area contributed by atoms with Crippen LogP contribution in [0.4, 0.5) is 0 Å². The quantitative estimate of drug-likeness (QED) is 0.805. The van der Waals surface area contributed by atoms with Crippen LogP contribution in [-0.2, 0) is 6.54 Å². The van der Waals surface area contributed by atoms with E-state index in [0.29, 0.717) is 25.3 Å². The summed E-state index contributed by atoms with van der Waals surface area (Å²) in [7, 11) is 0. The van der Waals surface area contributed by atoms with Crippen molar-refractivity contribution < 1.29 is 9.47 Å². The molecule has 18 heavy (non-hydrogen) atoms. The Kier molecular flexibility index (Phi) is 6.03. The fraction of sp³-hybridized carbons (Fsp3) is 0.500. The van der Waals surface area contributed by atoms with Crippen LogP contribution in [0.3, 0.4) is 0 Å². The van der Waals surface area contributed by atoms with Crippen LogP contribution in [0.2, 0.25) is 0 Å². The van der Waals surface area contributed by atoms with Crippen molar-refractivity contribution in [1.82, 2.24) is 0 Å². The second kappa shape index (κ2) is 7.57.